The molecule has 3 aliphatic carbocycles. The molecule has 4 fully saturated rings. The van der Waals surface area contributed by atoms with E-state index in [-0.39, 0.29) is 5.91 Å². The first-order chi connectivity index (χ1) is 17.5. The number of aromatic nitrogens is 1. The molecule has 4 nitrogen and oxygen atoms in total. The lowest BCUT2D eigenvalue weighted by atomic mass is 10.0. The van der Waals surface area contributed by atoms with E-state index in [2.05, 4.69) is 53.6 Å². The maximum Gasteiger partial charge on any atom is 0.254 e. The average molecular weight is 479 g/mol. The highest BCUT2D eigenvalue weighted by Crippen LogP contribution is 2.45. The Balaban J connectivity index is 1.20. The van der Waals surface area contributed by atoms with Gasteiger partial charge in [0.25, 0.3) is 5.91 Å². The molecule has 0 N–H and O–H groups in total. The largest absolute Gasteiger partial charge is 0.454 e. The van der Waals surface area contributed by atoms with Crippen LogP contribution in [0.25, 0.3) is 33.3 Å². The van der Waals surface area contributed by atoms with Crippen molar-refractivity contribution in [2.75, 3.05) is 6.54 Å². The zero-order valence-electron chi connectivity index (χ0n) is 21.3. The van der Waals surface area contributed by atoms with E-state index in [1.165, 1.54) is 59.8 Å². The number of fused-ring (bicyclic) bond motifs is 4. The van der Waals surface area contributed by atoms with Crippen LogP contribution in [0.3, 0.4) is 0 Å². The van der Waals surface area contributed by atoms with E-state index in [0.717, 1.165) is 53.6 Å². The van der Waals surface area contributed by atoms with Gasteiger partial charge in [-0.05, 0) is 98.9 Å². The molecule has 3 saturated carbocycles. The van der Waals surface area contributed by atoms with Gasteiger partial charge in [0.1, 0.15) is 5.58 Å². The minimum absolute atomic E-state index is 0.169. The van der Waals surface area contributed by atoms with Crippen molar-refractivity contribution in [2.45, 2.75) is 70.9 Å². The quantitative estimate of drug-likeness (QED) is 0.297. The highest BCUT2D eigenvalue weighted by Gasteiger charge is 2.46. The molecule has 1 amide bonds. The summed E-state index contributed by atoms with van der Waals surface area (Å²) in [6.07, 6.45) is 7.71. The number of hydrogen-bond donors (Lipinski definition) is 0. The van der Waals surface area contributed by atoms with E-state index < -0.39 is 0 Å². The van der Waals surface area contributed by atoms with E-state index in [0.29, 0.717) is 17.9 Å². The first kappa shape index (κ1) is 21.1. The number of aryl methyl sites for hydroxylation is 1. The zero-order valence-corrected chi connectivity index (χ0v) is 21.3. The number of likely N-dealkylation sites (tertiary alicyclic amines) is 1. The Morgan fingerprint density at radius 1 is 1.00 bits per heavy atom. The minimum atomic E-state index is 0.169. The standard InChI is InChI=1S/C32H34N2O2/c1-18-25-10-12-27(18)34(17-25)32(35)24-9-11-26-19(2)31(36-30(26)15-24)29-14-23-8-7-22(21-5-6-21)13-28(23)33(29)16-20-3-4-20/h7-9,11,13-15,18,20-21,25,27H,3-6,10,12,16-17H2,1-2H3/t18-,25?,27?/m1/s1. The molecule has 2 aromatic carbocycles. The minimum Gasteiger partial charge on any atom is -0.454 e. The van der Waals surface area contributed by atoms with Crippen LogP contribution in [-0.2, 0) is 6.54 Å². The third-order valence-corrected chi connectivity index (χ3v) is 9.81. The summed E-state index contributed by atoms with van der Waals surface area (Å²) < 4.78 is 9.10. The van der Waals surface area contributed by atoms with E-state index in [9.17, 15) is 4.79 Å². The van der Waals surface area contributed by atoms with Crippen LogP contribution in [0.15, 0.2) is 46.9 Å². The molecule has 2 bridgehead atoms. The molecule has 36 heavy (non-hydrogen) atoms. The number of benzene rings is 2. The molecule has 8 rings (SSSR count). The van der Waals surface area contributed by atoms with Crippen LogP contribution in [0.1, 0.15) is 72.9 Å². The second-order valence-corrected chi connectivity index (χ2v) is 12.2. The normalized spacial score (nSPS) is 25.5. The lowest BCUT2D eigenvalue weighted by Crippen LogP contribution is -2.38. The third kappa shape index (κ3) is 3.16. The van der Waals surface area contributed by atoms with Gasteiger partial charge in [0, 0.05) is 46.5 Å². The van der Waals surface area contributed by atoms with Gasteiger partial charge in [0.15, 0.2) is 5.76 Å². The van der Waals surface area contributed by atoms with E-state index in [1.54, 1.807) is 0 Å². The Bertz CT molecular complexity index is 1530. The molecule has 4 aliphatic rings. The number of furan rings is 1. The van der Waals surface area contributed by atoms with Gasteiger partial charge < -0.3 is 13.9 Å². The maximum absolute atomic E-state index is 13.5. The molecule has 0 spiro atoms. The summed E-state index contributed by atoms with van der Waals surface area (Å²) in [4.78, 5) is 15.6. The van der Waals surface area contributed by atoms with Crippen molar-refractivity contribution < 1.29 is 9.21 Å². The molecule has 4 aromatic rings. The van der Waals surface area contributed by atoms with Gasteiger partial charge in [-0.3, -0.25) is 4.79 Å². The molecule has 0 radical (unpaired) electrons. The molecule has 2 aromatic heterocycles. The SMILES string of the molecule is Cc1c(-c2cc3ccc(C4CC4)cc3n2CC2CC2)oc2cc(C(=O)N3CC4CCC3[C@@H]4C)ccc12. The van der Waals surface area contributed by atoms with Crippen molar-refractivity contribution in [2.24, 2.45) is 17.8 Å². The highest BCUT2D eigenvalue weighted by atomic mass is 16.3. The van der Waals surface area contributed by atoms with E-state index in [4.69, 9.17) is 4.42 Å². The van der Waals surface area contributed by atoms with Crippen molar-refractivity contribution in [1.82, 2.24) is 9.47 Å². The fourth-order valence-electron chi connectivity index (χ4n) is 7.20. The summed E-state index contributed by atoms with van der Waals surface area (Å²) in [5.41, 5.74) is 6.76. The van der Waals surface area contributed by atoms with Crippen LogP contribution in [0, 0.1) is 24.7 Å². The van der Waals surface area contributed by atoms with Crippen LogP contribution >= 0.6 is 0 Å². The smallest absolute Gasteiger partial charge is 0.254 e. The number of rotatable bonds is 5. The van der Waals surface area contributed by atoms with Crippen LogP contribution in [0.5, 0.6) is 0 Å². The number of piperidine rings is 1. The zero-order chi connectivity index (χ0) is 24.1. The predicted molar refractivity (Wildman–Crippen MR) is 143 cm³/mol. The molecule has 1 saturated heterocycles. The molecule has 3 heterocycles. The van der Waals surface area contributed by atoms with Gasteiger partial charge in [0.05, 0.1) is 5.69 Å². The van der Waals surface area contributed by atoms with Crippen LogP contribution in [0.2, 0.25) is 0 Å². The Hall–Kier alpha value is -3.01. The Kier molecular flexibility index (Phi) is 4.40. The van der Waals surface area contributed by atoms with Crippen molar-refractivity contribution in [3.63, 3.8) is 0 Å². The van der Waals surface area contributed by atoms with Crippen LogP contribution < -0.4 is 0 Å². The average Bonchev–Trinajstić information content (AvgIpc) is 3.80. The molecular formula is C32H34N2O2. The Morgan fingerprint density at radius 2 is 1.86 bits per heavy atom. The molecule has 4 heteroatoms. The van der Waals surface area contributed by atoms with Crippen molar-refractivity contribution in [3.05, 3.63) is 59.2 Å². The second kappa shape index (κ2) is 7.50. The predicted octanol–water partition coefficient (Wildman–Crippen LogP) is 7.52. The lowest BCUT2D eigenvalue weighted by molar-refractivity contribution is 0.0696. The monoisotopic (exact) mass is 478 g/mol. The molecular weight excluding hydrogens is 444 g/mol. The van der Waals surface area contributed by atoms with Crippen LogP contribution in [0.4, 0.5) is 0 Å². The summed E-state index contributed by atoms with van der Waals surface area (Å²) in [6.45, 7) is 6.45. The molecule has 3 atom stereocenters. The Morgan fingerprint density at radius 3 is 2.58 bits per heavy atom. The van der Waals surface area contributed by atoms with Crippen molar-refractivity contribution in [3.8, 4) is 11.5 Å². The third-order valence-electron chi connectivity index (χ3n) is 9.81. The fraction of sp³-hybridized carbons (Fsp3) is 0.469. The fourth-order valence-corrected chi connectivity index (χ4v) is 7.20. The van der Waals surface area contributed by atoms with Crippen molar-refractivity contribution >= 4 is 27.8 Å². The number of hydrogen-bond acceptors (Lipinski definition) is 2. The number of nitrogens with zero attached hydrogens (tertiary/aromatic N) is 2. The summed E-state index contributed by atoms with van der Waals surface area (Å²) in [6, 6.07) is 15.9. The summed E-state index contributed by atoms with van der Waals surface area (Å²) in [5.74, 6) is 3.95. The summed E-state index contributed by atoms with van der Waals surface area (Å²) in [5, 5.41) is 2.41. The van der Waals surface area contributed by atoms with Gasteiger partial charge in [-0.2, -0.15) is 0 Å². The van der Waals surface area contributed by atoms with Gasteiger partial charge in [-0.25, -0.2) is 0 Å². The summed E-state index contributed by atoms with van der Waals surface area (Å²) in [7, 11) is 0. The first-order valence-corrected chi connectivity index (χ1v) is 14.0. The number of carbonyl (C=O) groups is 1. The molecule has 2 unspecified atom stereocenters. The topological polar surface area (TPSA) is 38.4 Å². The molecule has 184 valence electrons. The van der Waals surface area contributed by atoms with Crippen molar-refractivity contribution in [1.29, 1.82) is 0 Å². The van der Waals surface area contributed by atoms with E-state index >= 15 is 0 Å². The number of amides is 1. The first-order valence-electron chi connectivity index (χ1n) is 14.0. The lowest BCUT2D eigenvalue weighted by Gasteiger charge is -2.27. The second-order valence-electron chi connectivity index (χ2n) is 12.2. The van der Waals surface area contributed by atoms with Gasteiger partial charge >= 0.3 is 0 Å². The van der Waals surface area contributed by atoms with Gasteiger partial charge in [-0.1, -0.05) is 25.1 Å². The maximum atomic E-state index is 13.5. The van der Waals surface area contributed by atoms with E-state index in [1.807, 2.05) is 12.1 Å². The van der Waals surface area contributed by atoms with Gasteiger partial charge in [-0.15, -0.1) is 0 Å². The molecule has 1 aliphatic heterocycles. The number of carbonyl (C=O) groups excluding carboxylic acids is 1. The Labute approximate surface area is 212 Å². The highest BCUT2D eigenvalue weighted by molar-refractivity contribution is 6.00. The van der Waals surface area contributed by atoms with Gasteiger partial charge in [0.2, 0.25) is 0 Å². The summed E-state index contributed by atoms with van der Waals surface area (Å²) >= 11 is 0. The van der Waals surface area contributed by atoms with Crippen LogP contribution in [-0.4, -0.2) is 28.0 Å².